The Bertz CT molecular complexity index is 1020. The molecule has 0 unspecified atom stereocenters. The van der Waals surface area contributed by atoms with Gasteiger partial charge in [0.25, 0.3) is 0 Å². The van der Waals surface area contributed by atoms with Crippen molar-refractivity contribution in [2.24, 2.45) is 0 Å². The molecule has 0 saturated heterocycles. The van der Waals surface area contributed by atoms with E-state index < -0.39 is 0 Å². The Labute approximate surface area is 154 Å². The Hall–Kier alpha value is -2.88. The van der Waals surface area contributed by atoms with Crippen LogP contribution in [0.1, 0.15) is 5.56 Å². The minimum absolute atomic E-state index is 0.335. The summed E-state index contributed by atoms with van der Waals surface area (Å²) in [5, 5.41) is 0. The third kappa shape index (κ3) is 2.22. The minimum Gasteiger partial charge on any atom is -0.458 e. The van der Waals surface area contributed by atoms with E-state index in [2.05, 4.69) is 85.2 Å². The number of nitrogens with zero attached hydrogens (tertiary/aromatic N) is 2. The van der Waals surface area contributed by atoms with E-state index in [0.717, 1.165) is 18.2 Å². The lowest BCUT2D eigenvalue weighted by Crippen LogP contribution is -2.43. The number of anilines is 3. The number of benzene rings is 3. The van der Waals surface area contributed by atoms with Crippen molar-refractivity contribution < 1.29 is 4.74 Å². The van der Waals surface area contributed by atoms with Gasteiger partial charge in [0.1, 0.15) is 11.5 Å². The fourth-order valence-corrected chi connectivity index (χ4v) is 4.12. The summed E-state index contributed by atoms with van der Waals surface area (Å²) < 4.78 is 6.27. The molecular weight excluding hydrogens is 319 g/mol. The molecule has 26 heavy (non-hydrogen) atoms. The van der Waals surface area contributed by atoms with Crippen LogP contribution in [0.2, 0.25) is 6.82 Å². The quantitative estimate of drug-likeness (QED) is 0.625. The highest BCUT2D eigenvalue weighted by Gasteiger charge is 2.32. The molecule has 2 heterocycles. The van der Waals surface area contributed by atoms with E-state index in [4.69, 9.17) is 4.74 Å². The molecule has 0 bridgehead atoms. The molecule has 5 rings (SSSR count). The maximum absolute atomic E-state index is 6.27. The molecule has 0 saturated carbocycles. The fraction of sp³-hybridized carbons (Fsp3) is 0.182. The Morgan fingerprint density at radius 3 is 2.58 bits per heavy atom. The highest BCUT2D eigenvalue weighted by atomic mass is 16.5. The van der Waals surface area contributed by atoms with E-state index in [0.29, 0.717) is 6.71 Å². The summed E-state index contributed by atoms with van der Waals surface area (Å²) in [6.07, 6.45) is 0. The lowest BCUT2D eigenvalue weighted by atomic mass is 9.41. The lowest BCUT2D eigenvalue weighted by molar-refractivity contribution is 0.487. The van der Waals surface area contributed by atoms with Gasteiger partial charge in [0.05, 0.1) is 18.0 Å². The van der Waals surface area contributed by atoms with Crippen LogP contribution in [0.25, 0.3) is 0 Å². The summed E-state index contributed by atoms with van der Waals surface area (Å²) in [5.74, 6) is 1.95. The number of rotatable bonds is 1. The van der Waals surface area contributed by atoms with Crippen LogP contribution in [0.5, 0.6) is 11.5 Å². The van der Waals surface area contributed by atoms with E-state index in [1.54, 1.807) is 0 Å². The Kier molecular flexibility index (Phi) is 3.29. The van der Waals surface area contributed by atoms with Crippen LogP contribution in [-0.2, 0) is 0 Å². The van der Waals surface area contributed by atoms with Crippen LogP contribution in [0, 0.1) is 6.92 Å². The van der Waals surface area contributed by atoms with Crippen molar-refractivity contribution in [1.29, 1.82) is 0 Å². The van der Waals surface area contributed by atoms with Crippen molar-refractivity contribution in [3.05, 3.63) is 66.2 Å². The van der Waals surface area contributed by atoms with Crippen LogP contribution in [-0.4, -0.2) is 20.4 Å². The molecule has 0 radical (unpaired) electrons. The van der Waals surface area contributed by atoms with E-state index in [1.807, 2.05) is 6.07 Å². The number of hydrogen-bond donors (Lipinski definition) is 0. The molecular formula is C22H21BN2O. The first-order chi connectivity index (χ1) is 12.6. The number of hydrogen-bond acceptors (Lipinski definition) is 3. The maximum Gasteiger partial charge on any atom is 0.216 e. The van der Waals surface area contributed by atoms with Gasteiger partial charge in [-0.15, -0.1) is 0 Å². The second kappa shape index (κ2) is 5.56. The molecule has 0 spiro atoms. The second-order valence-corrected chi connectivity index (χ2v) is 7.35. The number of fused-ring (bicyclic) bond motifs is 3. The zero-order chi connectivity index (χ0) is 17.8. The van der Waals surface area contributed by atoms with Crippen molar-refractivity contribution in [3.8, 4) is 11.5 Å². The van der Waals surface area contributed by atoms with E-state index in [9.17, 15) is 0 Å². The van der Waals surface area contributed by atoms with Gasteiger partial charge in [0, 0.05) is 18.8 Å². The van der Waals surface area contributed by atoms with Crippen molar-refractivity contribution in [3.63, 3.8) is 0 Å². The van der Waals surface area contributed by atoms with Gasteiger partial charge in [0.15, 0.2) is 0 Å². The van der Waals surface area contributed by atoms with Crippen molar-refractivity contribution >= 4 is 34.7 Å². The molecule has 3 aromatic carbocycles. The topological polar surface area (TPSA) is 15.7 Å². The Morgan fingerprint density at radius 1 is 0.885 bits per heavy atom. The normalized spacial score (nSPS) is 14.7. The SMILES string of the molecule is CB1c2ccccc2Oc2cc3c(cc21)N(C)CN3c1cccc(C)c1. The van der Waals surface area contributed by atoms with Crippen LogP contribution in [0.3, 0.4) is 0 Å². The lowest BCUT2D eigenvalue weighted by Gasteiger charge is -2.26. The zero-order valence-corrected chi connectivity index (χ0v) is 15.4. The van der Waals surface area contributed by atoms with E-state index in [-0.39, 0.29) is 0 Å². The van der Waals surface area contributed by atoms with Gasteiger partial charge in [-0.3, -0.25) is 0 Å². The molecule has 0 aliphatic carbocycles. The zero-order valence-electron chi connectivity index (χ0n) is 15.4. The average Bonchev–Trinajstić information content (AvgIpc) is 2.97. The summed E-state index contributed by atoms with van der Waals surface area (Å²) in [4.78, 5) is 4.67. The molecule has 3 aromatic rings. The number of aryl methyl sites for hydroxylation is 1. The maximum atomic E-state index is 6.27. The average molecular weight is 340 g/mol. The summed E-state index contributed by atoms with van der Waals surface area (Å²) in [5.41, 5.74) is 7.50. The molecule has 0 amide bonds. The Morgan fingerprint density at radius 2 is 1.73 bits per heavy atom. The highest BCUT2D eigenvalue weighted by Crippen LogP contribution is 2.42. The molecule has 0 atom stereocenters. The van der Waals surface area contributed by atoms with Gasteiger partial charge in [-0.1, -0.05) is 37.2 Å². The molecule has 0 aromatic heterocycles. The molecule has 0 fully saturated rings. The summed E-state index contributed by atoms with van der Waals surface area (Å²) in [6.45, 7) is 5.59. The Balaban J connectivity index is 1.64. The van der Waals surface area contributed by atoms with Crippen molar-refractivity contribution in [1.82, 2.24) is 0 Å². The first kappa shape index (κ1) is 15.4. The number of ether oxygens (including phenoxy) is 1. The fourth-order valence-electron chi connectivity index (χ4n) is 4.12. The molecule has 2 aliphatic heterocycles. The summed E-state index contributed by atoms with van der Waals surface area (Å²) in [6, 6.07) is 21.5. The minimum atomic E-state index is 0.335. The smallest absolute Gasteiger partial charge is 0.216 e. The predicted molar refractivity (Wildman–Crippen MR) is 110 cm³/mol. The number of para-hydroxylation sites is 1. The predicted octanol–water partition coefficient (Wildman–Crippen LogP) is 3.88. The highest BCUT2D eigenvalue weighted by molar-refractivity contribution is 6.86. The largest absolute Gasteiger partial charge is 0.458 e. The monoisotopic (exact) mass is 340 g/mol. The van der Waals surface area contributed by atoms with Crippen LogP contribution in [0.4, 0.5) is 17.1 Å². The van der Waals surface area contributed by atoms with Gasteiger partial charge in [-0.25, -0.2) is 0 Å². The first-order valence-corrected chi connectivity index (χ1v) is 9.12. The molecule has 4 heteroatoms. The van der Waals surface area contributed by atoms with Crippen LogP contribution < -0.4 is 25.5 Å². The first-order valence-electron chi connectivity index (χ1n) is 9.12. The molecule has 3 nitrogen and oxygen atoms in total. The third-order valence-corrected chi connectivity index (χ3v) is 5.55. The van der Waals surface area contributed by atoms with Gasteiger partial charge in [-0.05, 0) is 47.7 Å². The molecule has 128 valence electrons. The van der Waals surface area contributed by atoms with Crippen molar-refractivity contribution in [2.45, 2.75) is 13.7 Å². The van der Waals surface area contributed by atoms with Gasteiger partial charge in [-0.2, -0.15) is 0 Å². The van der Waals surface area contributed by atoms with E-state index >= 15 is 0 Å². The van der Waals surface area contributed by atoms with E-state index in [1.165, 1.54) is 33.6 Å². The second-order valence-electron chi connectivity index (χ2n) is 7.35. The summed E-state index contributed by atoms with van der Waals surface area (Å²) >= 11 is 0. The molecule has 2 aliphatic rings. The van der Waals surface area contributed by atoms with Crippen LogP contribution in [0.15, 0.2) is 60.7 Å². The van der Waals surface area contributed by atoms with Gasteiger partial charge >= 0.3 is 0 Å². The van der Waals surface area contributed by atoms with Gasteiger partial charge < -0.3 is 14.5 Å². The molecule has 0 N–H and O–H groups in total. The van der Waals surface area contributed by atoms with Crippen LogP contribution >= 0.6 is 0 Å². The van der Waals surface area contributed by atoms with Crippen molar-refractivity contribution in [2.75, 3.05) is 23.5 Å². The summed E-state index contributed by atoms with van der Waals surface area (Å²) in [7, 11) is 2.16. The third-order valence-electron chi connectivity index (χ3n) is 5.55. The standard InChI is InChI=1S/C22H21BN2O/c1-15-7-6-8-16(11-15)25-14-24(3)19-12-18-22(13-20(19)25)26-21-10-5-4-9-17(21)23(18)2/h4-13H,14H2,1-3H3. The van der Waals surface area contributed by atoms with Gasteiger partial charge in [0.2, 0.25) is 6.71 Å².